The van der Waals surface area contributed by atoms with E-state index in [1.807, 2.05) is 6.92 Å². The lowest BCUT2D eigenvalue weighted by Gasteiger charge is -2.05. The molecule has 7 heteroatoms. The van der Waals surface area contributed by atoms with Gasteiger partial charge in [-0.2, -0.15) is 13.2 Å². The van der Waals surface area contributed by atoms with Crippen molar-refractivity contribution in [1.82, 2.24) is 4.98 Å². The topological polar surface area (TPSA) is 56.0 Å². The van der Waals surface area contributed by atoms with E-state index in [0.717, 1.165) is 6.20 Å². The molecule has 1 unspecified atom stereocenters. The summed E-state index contributed by atoms with van der Waals surface area (Å²) in [4.78, 5) is 14.7. The number of hydrogen-bond acceptors (Lipinski definition) is 4. The van der Waals surface area contributed by atoms with Crippen LogP contribution in [0, 0.1) is 0 Å². The summed E-state index contributed by atoms with van der Waals surface area (Å²) in [6.45, 7) is 1.81. The molecule has 0 aromatic carbocycles. The molecule has 0 fully saturated rings. The molecule has 3 nitrogen and oxygen atoms in total. The molecule has 0 spiro atoms. The number of ketones is 1. The van der Waals surface area contributed by atoms with Gasteiger partial charge in [-0.05, 0) is 6.42 Å². The number of aromatic nitrogens is 1. The molecule has 0 radical (unpaired) electrons. The molecule has 90 valence electrons. The van der Waals surface area contributed by atoms with Crippen molar-refractivity contribution in [3.05, 3.63) is 16.1 Å². The summed E-state index contributed by atoms with van der Waals surface area (Å²) in [7, 11) is 0. The Labute approximate surface area is 94.5 Å². The molecule has 1 aromatic rings. The highest BCUT2D eigenvalue weighted by Gasteiger charge is 2.35. The van der Waals surface area contributed by atoms with Crippen molar-refractivity contribution in [3.63, 3.8) is 0 Å². The molecule has 1 atom stereocenters. The lowest BCUT2D eigenvalue weighted by Crippen LogP contribution is -2.22. The van der Waals surface area contributed by atoms with Crippen LogP contribution in [-0.2, 0) is 6.18 Å². The summed E-state index contributed by atoms with van der Waals surface area (Å²) < 4.78 is 36.6. The first-order chi connectivity index (χ1) is 7.34. The third kappa shape index (κ3) is 3.28. The van der Waals surface area contributed by atoms with Crippen molar-refractivity contribution in [2.24, 2.45) is 5.73 Å². The van der Waals surface area contributed by atoms with Gasteiger partial charge in [0, 0.05) is 18.7 Å². The summed E-state index contributed by atoms with van der Waals surface area (Å²) in [6.07, 6.45) is -2.87. The van der Waals surface area contributed by atoms with Crippen molar-refractivity contribution >= 4 is 17.1 Å². The van der Waals surface area contributed by atoms with E-state index in [2.05, 4.69) is 4.98 Å². The number of carbonyl (C=O) groups is 1. The minimum atomic E-state index is -4.49. The Bertz CT molecular complexity index is 375. The predicted octanol–water partition coefficient (Wildman–Crippen LogP) is 2.47. The second kappa shape index (κ2) is 4.92. The van der Waals surface area contributed by atoms with Gasteiger partial charge in [-0.3, -0.25) is 4.79 Å². The Morgan fingerprint density at radius 2 is 2.25 bits per heavy atom. The molecule has 1 aromatic heterocycles. The molecule has 0 aliphatic heterocycles. The van der Waals surface area contributed by atoms with E-state index in [9.17, 15) is 18.0 Å². The Kier molecular flexibility index (Phi) is 4.03. The van der Waals surface area contributed by atoms with Gasteiger partial charge in [-0.1, -0.05) is 6.92 Å². The van der Waals surface area contributed by atoms with Gasteiger partial charge in [0.15, 0.2) is 10.8 Å². The Morgan fingerprint density at radius 3 is 2.69 bits per heavy atom. The van der Waals surface area contributed by atoms with Gasteiger partial charge in [0.1, 0.15) is 0 Å². The first kappa shape index (κ1) is 13.1. The van der Waals surface area contributed by atoms with Gasteiger partial charge in [0.25, 0.3) is 0 Å². The van der Waals surface area contributed by atoms with Crippen LogP contribution in [0.5, 0.6) is 0 Å². The summed E-state index contributed by atoms with van der Waals surface area (Å²) in [5.41, 5.74) is 5.54. The lowest BCUT2D eigenvalue weighted by molar-refractivity contribution is -0.137. The van der Waals surface area contributed by atoms with Crippen molar-refractivity contribution in [2.45, 2.75) is 32.0 Å². The van der Waals surface area contributed by atoms with E-state index in [1.54, 1.807) is 0 Å². The zero-order valence-corrected chi connectivity index (χ0v) is 9.36. The number of rotatable bonds is 4. The zero-order chi connectivity index (χ0) is 12.3. The van der Waals surface area contributed by atoms with Gasteiger partial charge >= 0.3 is 6.18 Å². The second-order valence-electron chi connectivity index (χ2n) is 3.32. The number of nitrogens with zero attached hydrogens (tertiary/aromatic N) is 1. The summed E-state index contributed by atoms with van der Waals surface area (Å²) in [5, 5.41) is -0.999. The van der Waals surface area contributed by atoms with Gasteiger partial charge in [-0.15, -0.1) is 11.3 Å². The van der Waals surface area contributed by atoms with Crippen LogP contribution in [0.15, 0.2) is 6.20 Å². The molecule has 1 rings (SSSR count). The SMILES string of the molecule is CCC(N)CC(=O)c1cnc(C(F)(F)F)s1. The molecule has 2 N–H and O–H groups in total. The van der Waals surface area contributed by atoms with Crippen LogP contribution in [0.1, 0.15) is 34.4 Å². The molecule has 0 aliphatic carbocycles. The largest absolute Gasteiger partial charge is 0.443 e. The fourth-order valence-electron chi connectivity index (χ4n) is 1.02. The second-order valence-corrected chi connectivity index (χ2v) is 4.35. The maximum Gasteiger partial charge on any atom is 0.443 e. The summed E-state index contributed by atoms with van der Waals surface area (Å²) in [5.74, 6) is -0.387. The van der Waals surface area contributed by atoms with Crippen LogP contribution in [0.4, 0.5) is 13.2 Å². The van der Waals surface area contributed by atoms with Crippen LogP contribution in [-0.4, -0.2) is 16.8 Å². The van der Waals surface area contributed by atoms with Gasteiger partial charge < -0.3 is 5.73 Å². The third-order valence-electron chi connectivity index (χ3n) is 1.99. The third-order valence-corrected chi connectivity index (χ3v) is 3.08. The highest BCUT2D eigenvalue weighted by Crippen LogP contribution is 2.32. The zero-order valence-electron chi connectivity index (χ0n) is 8.54. The normalized spacial score (nSPS) is 13.8. The maximum absolute atomic E-state index is 12.2. The van der Waals surface area contributed by atoms with Crippen LogP contribution in [0.3, 0.4) is 0 Å². The van der Waals surface area contributed by atoms with Crippen molar-refractivity contribution in [1.29, 1.82) is 0 Å². The quantitative estimate of drug-likeness (QED) is 0.837. The molecule has 0 aliphatic rings. The predicted molar refractivity (Wildman–Crippen MR) is 54.3 cm³/mol. The first-order valence-corrected chi connectivity index (χ1v) is 5.48. The summed E-state index contributed by atoms with van der Waals surface area (Å²) in [6, 6.07) is -0.316. The molecule has 1 heterocycles. The van der Waals surface area contributed by atoms with E-state index in [0.29, 0.717) is 17.8 Å². The van der Waals surface area contributed by atoms with Crippen molar-refractivity contribution in [3.8, 4) is 0 Å². The Morgan fingerprint density at radius 1 is 1.62 bits per heavy atom. The molecule has 0 bridgehead atoms. The van der Waals surface area contributed by atoms with Crippen LogP contribution in [0.25, 0.3) is 0 Å². The monoisotopic (exact) mass is 252 g/mol. The molecular weight excluding hydrogens is 241 g/mol. The number of halogens is 3. The molecule has 0 saturated heterocycles. The standard InChI is InChI=1S/C9H11F3N2OS/c1-2-5(13)3-6(15)7-4-14-8(16-7)9(10,11)12/h4-5H,2-3,13H2,1H3. The number of Topliss-reactive ketones (excluding diaryl/α,β-unsaturated/α-hetero) is 1. The fraction of sp³-hybridized carbons (Fsp3) is 0.556. The highest BCUT2D eigenvalue weighted by atomic mass is 32.1. The molecule has 16 heavy (non-hydrogen) atoms. The number of hydrogen-bond donors (Lipinski definition) is 1. The Hall–Kier alpha value is -0.950. The number of thiazole rings is 1. The molecule has 0 amide bonds. The lowest BCUT2D eigenvalue weighted by atomic mass is 10.1. The number of alkyl halides is 3. The van der Waals surface area contributed by atoms with Crippen LogP contribution >= 0.6 is 11.3 Å². The average Bonchev–Trinajstić information content (AvgIpc) is 2.65. The van der Waals surface area contributed by atoms with E-state index in [1.165, 1.54) is 0 Å². The Balaban J connectivity index is 2.75. The molecular formula is C9H11F3N2OS. The van der Waals surface area contributed by atoms with E-state index in [-0.39, 0.29) is 23.1 Å². The van der Waals surface area contributed by atoms with E-state index < -0.39 is 11.2 Å². The fourth-order valence-corrected chi connectivity index (χ4v) is 1.75. The average molecular weight is 252 g/mol. The first-order valence-electron chi connectivity index (χ1n) is 4.66. The van der Waals surface area contributed by atoms with Crippen molar-refractivity contribution < 1.29 is 18.0 Å². The maximum atomic E-state index is 12.2. The smallest absolute Gasteiger partial charge is 0.327 e. The molecule has 0 saturated carbocycles. The summed E-state index contributed by atoms with van der Waals surface area (Å²) >= 11 is 0.359. The minimum Gasteiger partial charge on any atom is -0.327 e. The van der Waals surface area contributed by atoms with Crippen LogP contribution in [0.2, 0.25) is 0 Å². The van der Waals surface area contributed by atoms with E-state index >= 15 is 0 Å². The van der Waals surface area contributed by atoms with Gasteiger partial charge in [0.2, 0.25) is 0 Å². The van der Waals surface area contributed by atoms with Crippen molar-refractivity contribution in [2.75, 3.05) is 0 Å². The van der Waals surface area contributed by atoms with E-state index in [4.69, 9.17) is 5.73 Å². The van der Waals surface area contributed by atoms with Gasteiger partial charge in [-0.25, -0.2) is 4.98 Å². The highest BCUT2D eigenvalue weighted by molar-refractivity contribution is 7.13. The number of nitrogens with two attached hydrogens (primary N) is 1. The van der Waals surface area contributed by atoms with Crippen LogP contribution < -0.4 is 5.73 Å². The minimum absolute atomic E-state index is 0.0104. The van der Waals surface area contributed by atoms with Gasteiger partial charge in [0.05, 0.1) is 4.88 Å². The number of carbonyl (C=O) groups excluding carboxylic acids is 1.